The van der Waals surface area contributed by atoms with Gasteiger partial charge in [-0.25, -0.2) is 9.38 Å². The number of fused-ring (bicyclic) bond motifs is 3. The molecule has 1 fully saturated rings. The summed E-state index contributed by atoms with van der Waals surface area (Å²) in [5, 5.41) is 4.21. The zero-order chi connectivity index (χ0) is 18.9. The Morgan fingerprint density at radius 1 is 1.22 bits per heavy atom. The molecule has 27 heavy (non-hydrogen) atoms. The Bertz CT molecular complexity index is 866. The molecule has 1 heterocycles. The number of aryl methyl sites for hydroxylation is 1. The molecular weight excluding hydrogens is 361 g/mol. The number of aliphatic imine (C=N–C) groups is 1. The van der Waals surface area contributed by atoms with Crippen LogP contribution in [0.25, 0.3) is 0 Å². The van der Waals surface area contributed by atoms with Gasteiger partial charge in [-0.2, -0.15) is 0 Å². The number of rotatable bonds is 6. The molecule has 3 N–H and O–H groups in total. The van der Waals surface area contributed by atoms with Crippen LogP contribution in [0.4, 0.5) is 10.1 Å². The minimum Gasteiger partial charge on any atom is -0.384 e. The van der Waals surface area contributed by atoms with E-state index >= 15 is 4.39 Å². The second-order valence-corrected chi connectivity index (χ2v) is 8.04. The van der Waals surface area contributed by atoms with E-state index in [2.05, 4.69) is 34.6 Å². The molecule has 0 unspecified atom stereocenters. The van der Waals surface area contributed by atoms with Crippen LogP contribution in [0.1, 0.15) is 48.3 Å². The van der Waals surface area contributed by atoms with E-state index in [4.69, 9.17) is 17.3 Å². The van der Waals surface area contributed by atoms with E-state index in [0.29, 0.717) is 6.42 Å². The molecule has 5 heteroatoms. The molecule has 0 radical (unpaired) electrons. The molecule has 0 saturated heterocycles. The third kappa shape index (κ3) is 3.74. The summed E-state index contributed by atoms with van der Waals surface area (Å²) >= 11 is 6.00. The van der Waals surface area contributed by atoms with E-state index in [1.807, 2.05) is 18.2 Å². The van der Waals surface area contributed by atoms with Gasteiger partial charge in [-0.1, -0.05) is 35.9 Å². The maximum absolute atomic E-state index is 15.1. The van der Waals surface area contributed by atoms with E-state index < -0.39 is 5.67 Å². The number of hydrogen-bond acceptors (Lipinski definition) is 3. The van der Waals surface area contributed by atoms with Crippen molar-refractivity contribution >= 4 is 23.1 Å². The fourth-order valence-corrected chi connectivity index (χ4v) is 4.54. The van der Waals surface area contributed by atoms with E-state index in [1.54, 1.807) is 0 Å². The van der Waals surface area contributed by atoms with Crippen LogP contribution >= 0.6 is 11.6 Å². The maximum atomic E-state index is 15.1. The van der Waals surface area contributed by atoms with Crippen LogP contribution in [0.15, 0.2) is 47.5 Å². The van der Waals surface area contributed by atoms with Crippen molar-refractivity contribution in [1.82, 2.24) is 5.32 Å². The molecule has 2 atom stereocenters. The van der Waals surface area contributed by atoms with Crippen molar-refractivity contribution in [3.05, 3.63) is 64.2 Å². The van der Waals surface area contributed by atoms with Crippen LogP contribution in [0.2, 0.25) is 5.02 Å². The molecule has 4 rings (SSSR count). The Hall–Kier alpha value is -1.91. The second-order valence-electron chi connectivity index (χ2n) is 7.61. The number of nitrogens with one attached hydrogen (secondary N) is 1. The lowest BCUT2D eigenvalue weighted by molar-refractivity contribution is 0.232. The number of halogens is 2. The fraction of sp³-hybridized carbons (Fsp3) is 0.409. The molecule has 3 nitrogen and oxygen atoms in total. The lowest BCUT2D eigenvalue weighted by Gasteiger charge is -2.32. The first kappa shape index (κ1) is 18.5. The number of benzene rings is 2. The van der Waals surface area contributed by atoms with Crippen molar-refractivity contribution in [1.29, 1.82) is 0 Å². The third-order valence-electron chi connectivity index (χ3n) is 5.76. The lowest BCUT2D eigenvalue weighted by Crippen LogP contribution is -2.43. The first-order valence-corrected chi connectivity index (χ1v) is 10.1. The Balaban J connectivity index is 1.33. The van der Waals surface area contributed by atoms with Crippen LogP contribution in [-0.2, 0) is 13.0 Å². The van der Waals surface area contributed by atoms with Gasteiger partial charge in [0.25, 0.3) is 0 Å². The standard InChI is InChI=1S/C22H25ClFN3/c23-17-6-1-4-16(12-17)14-26-11-3-5-15-8-9-18-19-7-2-10-22(19,24)21(25)27-20(18)13-15/h1,4,6,8-9,12-13,19,26H,2-3,5,7,10-11,14H2,(H2,25,27)/t19-,22+/m1/s1. The maximum Gasteiger partial charge on any atom is 0.174 e. The van der Waals surface area contributed by atoms with Gasteiger partial charge < -0.3 is 11.1 Å². The summed E-state index contributed by atoms with van der Waals surface area (Å²) in [6.45, 7) is 1.73. The van der Waals surface area contributed by atoms with Crippen molar-refractivity contribution in [3.8, 4) is 0 Å². The minimum absolute atomic E-state index is 0.126. The van der Waals surface area contributed by atoms with Gasteiger partial charge in [-0.15, -0.1) is 0 Å². The molecule has 0 bridgehead atoms. The summed E-state index contributed by atoms with van der Waals surface area (Å²) < 4.78 is 15.1. The molecule has 2 aliphatic rings. The van der Waals surface area contributed by atoms with Gasteiger partial charge in [0.2, 0.25) is 0 Å². The van der Waals surface area contributed by atoms with E-state index in [-0.39, 0.29) is 11.8 Å². The van der Waals surface area contributed by atoms with Crippen molar-refractivity contribution in [2.45, 2.75) is 50.2 Å². The summed E-state index contributed by atoms with van der Waals surface area (Å²) in [5.41, 5.74) is 8.84. The second kappa shape index (κ2) is 7.61. The van der Waals surface area contributed by atoms with Crippen LogP contribution in [-0.4, -0.2) is 18.0 Å². The summed E-state index contributed by atoms with van der Waals surface area (Å²) in [4.78, 5) is 4.40. The molecule has 0 aromatic heterocycles. The van der Waals surface area contributed by atoms with E-state index in [0.717, 1.165) is 55.0 Å². The Morgan fingerprint density at radius 3 is 2.96 bits per heavy atom. The number of amidine groups is 1. The summed E-state index contributed by atoms with van der Waals surface area (Å²) in [6.07, 6.45) is 4.20. The highest BCUT2D eigenvalue weighted by molar-refractivity contribution is 6.30. The summed E-state index contributed by atoms with van der Waals surface area (Å²) in [7, 11) is 0. The predicted molar refractivity (Wildman–Crippen MR) is 110 cm³/mol. The van der Waals surface area contributed by atoms with E-state index in [1.165, 1.54) is 11.1 Å². The number of nitrogens with two attached hydrogens (primary N) is 1. The molecule has 2 aromatic rings. The minimum atomic E-state index is -1.43. The number of nitrogens with zero attached hydrogens (tertiary/aromatic N) is 1. The van der Waals surface area contributed by atoms with Crippen LogP contribution in [0.3, 0.4) is 0 Å². The highest BCUT2D eigenvalue weighted by Crippen LogP contribution is 2.51. The summed E-state index contributed by atoms with van der Waals surface area (Å²) in [5.74, 6) is 0.0382. The van der Waals surface area contributed by atoms with Crippen molar-refractivity contribution < 1.29 is 4.39 Å². The molecule has 2 aromatic carbocycles. The van der Waals surface area contributed by atoms with Gasteiger partial charge in [-0.3, -0.25) is 0 Å². The zero-order valence-corrected chi connectivity index (χ0v) is 16.1. The first-order chi connectivity index (χ1) is 13.1. The van der Waals surface area contributed by atoms with E-state index in [9.17, 15) is 0 Å². The van der Waals surface area contributed by atoms with Crippen molar-refractivity contribution in [3.63, 3.8) is 0 Å². The molecular formula is C22H25ClFN3. The lowest BCUT2D eigenvalue weighted by atomic mass is 9.82. The first-order valence-electron chi connectivity index (χ1n) is 9.68. The fourth-order valence-electron chi connectivity index (χ4n) is 4.33. The van der Waals surface area contributed by atoms with Crippen LogP contribution in [0.5, 0.6) is 0 Å². The topological polar surface area (TPSA) is 50.4 Å². The van der Waals surface area contributed by atoms with Gasteiger partial charge in [0.05, 0.1) is 5.69 Å². The van der Waals surface area contributed by atoms with Crippen molar-refractivity contribution in [2.75, 3.05) is 6.54 Å². The smallest absolute Gasteiger partial charge is 0.174 e. The Morgan fingerprint density at radius 2 is 2.11 bits per heavy atom. The van der Waals surface area contributed by atoms with Gasteiger partial charge >= 0.3 is 0 Å². The largest absolute Gasteiger partial charge is 0.384 e. The molecule has 1 aliphatic heterocycles. The normalized spacial score (nSPS) is 23.6. The number of alkyl halides is 1. The zero-order valence-electron chi connectivity index (χ0n) is 15.3. The quantitative estimate of drug-likeness (QED) is 0.684. The number of hydrogen-bond donors (Lipinski definition) is 2. The molecule has 0 spiro atoms. The monoisotopic (exact) mass is 385 g/mol. The van der Waals surface area contributed by atoms with Gasteiger partial charge in [-0.05, 0) is 73.5 Å². The van der Waals surface area contributed by atoms with Gasteiger partial charge in [0.15, 0.2) is 5.67 Å². The average Bonchev–Trinajstić information content (AvgIpc) is 3.05. The SMILES string of the molecule is NC1=Nc2cc(CCCNCc3cccc(Cl)c3)ccc2[C@H]2CCC[C@@]12F. The van der Waals surface area contributed by atoms with Crippen LogP contribution in [0, 0.1) is 0 Å². The average molecular weight is 386 g/mol. The molecule has 1 saturated carbocycles. The Kier molecular flexibility index (Phi) is 5.20. The van der Waals surface area contributed by atoms with Crippen molar-refractivity contribution in [2.24, 2.45) is 10.7 Å². The highest BCUT2D eigenvalue weighted by Gasteiger charge is 2.50. The Labute approximate surface area is 164 Å². The van der Waals surface area contributed by atoms with Gasteiger partial charge in [0, 0.05) is 17.5 Å². The molecule has 0 amide bonds. The third-order valence-corrected chi connectivity index (χ3v) is 5.99. The molecule has 1 aliphatic carbocycles. The predicted octanol–water partition coefficient (Wildman–Crippen LogP) is 5.04. The van der Waals surface area contributed by atoms with Gasteiger partial charge in [0.1, 0.15) is 5.84 Å². The molecule has 142 valence electrons. The van der Waals surface area contributed by atoms with Crippen LogP contribution < -0.4 is 11.1 Å². The summed E-state index contributed by atoms with van der Waals surface area (Å²) in [6, 6.07) is 14.2. The highest BCUT2D eigenvalue weighted by atomic mass is 35.5.